The molecule has 0 amide bonds. The van der Waals surface area contributed by atoms with Crippen LogP contribution in [0.1, 0.15) is 54.3 Å². The topological polar surface area (TPSA) is 52.6 Å². The van der Waals surface area contributed by atoms with E-state index in [-0.39, 0.29) is 11.8 Å². The van der Waals surface area contributed by atoms with Gasteiger partial charge in [-0.05, 0) is 39.3 Å². The lowest BCUT2D eigenvalue weighted by Crippen LogP contribution is -2.23. The number of ether oxygens (including phenoxy) is 2. The lowest BCUT2D eigenvalue weighted by molar-refractivity contribution is 0.00693. The smallest absolute Gasteiger partial charge is 0.338 e. The molecule has 0 fully saturated rings. The minimum absolute atomic E-state index is 0.0535. The van der Waals surface area contributed by atoms with Crippen LogP contribution in [0.3, 0.4) is 0 Å². The van der Waals surface area contributed by atoms with Crippen LogP contribution in [-0.2, 0) is 9.47 Å². The molecule has 4 nitrogen and oxygen atoms in total. The maximum atomic E-state index is 11.9. The van der Waals surface area contributed by atoms with Crippen LogP contribution in [0.2, 0.25) is 0 Å². The summed E-state index contributed by atoms with van der Waals surface area (Å²) in [5.41, 5.74) is 0.535. The van der Waals surface area contributed by atoms with E-state index in [1.165, 1.54) is 0 Å². The average molecular weight is 278 g/mol. The number of rotatable bonds is 6. The summed E-state index contributed by atoms with van der Waals surface area (Å²) in [6.45, 7) is 6.03. The second kappa shape index (κ2) is 7.20. The van der Waals surface area contributed by atoms with E-state index >= 15 is 0 Å². The molecule has 1 aromatic rings. The Morgan fingerprint density at radius 1 is 1.05 bits per heavy atom. The van der Waals surface area contributed by atoms with Crippen molar-refractivity contribution in [3.63, 3.8) is 0 Å². The van der Waals surface area contributed by atoms with Gasteiger partial charge in [0.05, 0.1) is 5.56 Å². The largest absolute Gasteiger partial charge is 0.456 e. The molecule has 0 bridgehead atoms. The van der Waals surface area contributed by atoms with Crippen molar-refractivity contribution in [3.8, 4) is 0 Å². The Balaban J connectivity index is 2.64. The Kier molecular flexibility index (Phi) is 5.89. The molecule has 0 radical (unpaired) electrons. The zero-order valence-electron chi connectivity index (χ0n) is 12.6. The molecule has 4 heteroatoms. The van der Waals surface area contributed by atoms with E-state index < -0.39 is 5.60 Å². The minimum Gasteiger partial charge on any atom is -0.456 e. The maximum absolute atomic E-state index is 11.9. The zero-order chi connectivity index (χ0) is 15.2. The number of hydrogen-bond donors (Lipinski definition) is 0. The fraction of sp³-hybridized carbons (Fsp3) is 0.500. The van der Waals surface area contributed by atoms with Gasteiger partial charge in [0.15, 0.2) is 5.78 Å². The monoisotopic (exact) mass is 278 g/mol. The quantitative estimate of drug-likeness (QED) is 0.455. The normalized spacial score (nSPS) is 11.2. The van der Waals surface area contributed by atoms with Crippen molar-refractivity contribution in [3.05, 3.63) is 35.4 Å². The number of ketones is 1. The summed E-state index contributed by atoms with van der Waals surface area (Å²) in [5.74, 6) is -0.325. The maximum Gasteiger partial charge on any atom is 0.338 e. The highest BCUT2D eigenvalue weighted by molar-refractivity contribution is 5.97. The van der Waals surface area contributed by atoms with Crippen molar-refractivity contribution in [1.82, 2.24) is 0 Å². The fourth-order valence-corrected chi connectivity index (χ4v) is 1.65. The summed E-state index contributed by atoms with van der Waals surface area (Å²) >= 11 is 0. The van der Waals surface area contributed by atoms with Gasteiger partial charge < -0.3 is 9.47 Å². The first kappa shape index (κ1) is 16.4. The van der Waals surface area contributed by atoms with Crippen LogP contribution >= 0.6 is 0 Å². The van der Waals surface area contributed by atoms with Gasteiger partial charge in [0.25, 0.3) is 0 Å². The van der Waals surface area contributed by atoms with Crippen molar-refractivity contribution in [2.75, 3.05) is 13.7 Å². The lowest BCUT2D eigenvalue weighted by Gasteiger charge is -2.19. The average Bonchev–Trinajstić information content (AvgIpc) is 2.37. The van der Waals surface area contributed by atoms with Gasteiger partial charge in [0.2, 0.25) is 0 Å². The van der Waals surface area contributed by atoms with Gasteiger partial charge in [0, 0.05) is 25.7 Å². The molecule has 0 aliphatic heterocycles. The van der Waals surface area contributed by atoms with Crippen molar-refractivity contribution in [2.24, 2.45) is 0 Å². The lowest BCUT2D eigenvalue weighted by atomic mass is 10.0. The molecule has 0 N–H and O–H groups in total. The third-order valence-electron chi connectivity index (χ3n) is 2.59. The number of carbonyl (C=O) groups excluding carboxylic acids is 2. The first-order chi connectivity index (χ1) is 9.33. The Morgan fingerprint density at radius 2 is 1.60 bits per heavy atom. The molecular formula is C16H22O4. The summed E-state index contributed by atoms with van der Waals surface area (Å²) in [7, 11) is 1.61. The molecule has 0 atom stereocenters. The third-order valence-corrected chi connectivity index (χ3v) is 2.59. The van der Waals surface area contributed by atoms with Gasteiger partial charge >= 0.3 is 5.97 Å². The predicted octanol–water partition coefficient (Wildman–Crippen LogP) is 3.25. The van der Waals surface area contributed by atoms with Gasteiger partial charge in [0.1, 0.15) is 5.60 Å². The zero-order valence-corrected chi connectivity index (χ0v) is 12.6. The second-order valence-corrected chi connectivity index (χ2v) is 5.60. The summed E-state index contributed by atoms with van der Waals surface area (Å²) in [6, 6.07) is 6.57. The number of benzene rings is 1. The highest BCUT2D eigenvalue weighted by Crippen LogP contribution is 2.14. The Hall–Kier alpha value is -1.68. The SMILES string of the molecule is COCCCC(=O)c1ccc(C(=O)OC(C)(C)C)cc1. The number of hydrogen-bond acceptors (Lipinski definition) is 4. The molecule has 1 rings (SSSR count). The second-order valence-electron chi connectivity index (χ2n) is 5.60. The molecular weight excluding hydrogens is 256 g/mol. The highest BCUT2D eigenvalue weighted by atomic mass is 16.6. The number of carbonyl (C=O) groups is 2. The molecule has 0 aliphatic carbocycles. The fourth-order valence-electron chi connectivity index (χ4n) is 1.65. The van der Waals surface area contributed by atoms with Gasteiger partial charge in [-0.3, -0.25) is 4.79 Å². The molecule has 0 spiro atoms. The Bertz CT molecular complexity index is 454. The van der Waals surface area contributed by atoms with Crippen LogP contribution in [0.15, 0.2) is 24.3 Å². The number of Topliss-reactive ketones (excluding diaryl/α,β-unsaturated/α-hetero) is 1. The number of esters is 1. The van der Waals surface area contributed by atoms with Gasteiger partial charge in [-0.1, -0.05) is 12.1 Å². The van der Waals surface area contributed by atoms with E-state index in [0.29, 0.717) is 30.6 Å². The Labute approximate surface area is 120 Å². The summed E-state index contributed by atoms with van der Waals surface area (Å²) < 4.78 is 10.2. The Morgan fingerprint density at radius 3 is 2.10 bits per heavy atom. The standard InChI is InChI=1S/C16H22O4/c1-16(2,3)20-15(18)13-9-7-12(8-10-13)14(17)6-5-11-19-4/h7-10H,5-6,11H2,1-4H3. The molecule has 0 aliphatic rings. The van der Waals surface area contributed by atoms with E-state index in [2.05, 4.69) is 0 Å². The van der Waals surface area contributed by atoms with Crippen LogP contribution in [0, 0.1) is 0 Å². The van der Waals surface area contributed by atoms with Crippen LogP contribution in [0.25, 0.3) is 0 Å². The molecule has 0 aromatic heterocycles. The summed E-state index contributed by atoms with van der Waals surface area (Å²) in [6.07, 6.45) is 1.14. The van der Waals surface area contributed by atoms with E-state index in [0.717, 1.165) is 0 Å². The summed E-state index contributed by atoms with van der Waals surface area (Å²) in [4.78, 5) is 23.7. The van der Waals surface area contributed by atoms with Crippen molar-refractivity contribution < 1.29 is 19.1 Å². The van der Waals surface area contributed by atoms with Crippen molar-refractivity contribution >= 4 is 11.8 Å². The molecule has 0 saturated heterocycles. The number of methoxy groups -OCH3 is 1. The first-order valence-electron chi connectivity index (χ1n) is 6.69. The molecule has 0 saturated carbocycles. The van der Waals surface area contributed by atoms with Gasteiger partial charge in [-0.2, -0.15) is 0 Å². The van der Waals surface area contributed by atoms with Crippen LogP contribution in [0.5, 0.6) is 0 Å². The van der Waals surface area contributed by atoms with E-state index in [9.17, 15) is 9.59 Å². The molecule has 0 unspecified atom stereocenters. The van der Waals surface area contributed by atoms with E-state index in [1.807, 2.05) is 20.8 Å². The van der Waals surface area contributed by atoms with E-state index in [1.54, 1.807) is 31.4 Å². The van der Waals surface area contributed by atoms with Gasteiger partial charge in [-0.15, -0.1) is 0 Å². The molecule has 1 aromatic carbocycles. The predicted molar refractivity (Wildman–Crippen MR) is 77.1 cm³/mol. The first-order valence-corrected chi connectivity index (χ1v) is 6.69. The molecule has 0 heterocycles. The van der Waals surface area contributed by atoms with Crippen LogP contribution < -0.4 is 0 Å². The van der Waals surface area contributed by atoms with E-state index in [4.69, 9.17) is 9.47 Å². The third kappa shape index (κ3) is 5.53. The van der Waals surface area contributed by atoms with Crippen LogP contribution in [0.4, 0.5) is 0 Å². The molecule has 20 heavy (non-hydrogen) atoms. The highest BCUT2D eigenvalue weighted by Gasteiger charge is 2.18. The summed E-state index contributed by atoms with van der Waals surface area (Å²) in [5, 5.41) is 0. The van der Waals surface area contributed by atoms with Crippen LogP contribution in [-0.4, -0.2) is 31.1 Å². The van der Waals surface area contributed by atoms with Crippen molar-refractivity contribution in [2.45, 2.75) is 39.2 Å². The van der Waals surface area contributed by atoms with Crippen molar-refractivity contribution in [1.29, 1.82) is 0 Å². The molecule has 110 valence electrons. The minimum atomic E-state index is -0.522. The van der Waals surface area contributed by atoms with Gasteiger partial charge in [-0.25, -0.2) is 4.79 Å².